The normalized spacial score (nSPS) is 15.4. The second kappa shape index (κ2) is 9.95. The van der Waals surface area contributed by atoms with Crippen LogP contribution in [-0.4, -0.2) is 33.3 Å². The molecular weight excluding hydrogens is 444 g/mol. The van der Waals surface area contributed by atoms with Crippen molar-refractivity contribution < 1.29 is 4.74 Å². The van der Waals surface area contributed by atoms with Crippen LogP contribution in [-0.2, 0) is 13.0 Å². The summed E-state index contributed by atoms with van der Waals surface area (Å²) in [5.74, 6) is 0.844. The number of rotatable bonds is 8. The number of anilines is 1. The summed E-state index contributed by atoms with van der Waals surface area (Å²) < 4.78 is 5.91. The number of imidazole rings is 1. The lowest BCUT2D eigenvalue weighted by Crippen LogP contribution is -2.25. The van der Waals surface area contributed by atoms with Crippen molar-refractivity contribution in [3.8, 4) is 26.9 Å². The monoisotopic (exact) mass is 474 g/mol. The van der Waals surface area contributed by atoms with Gasteiger partial charge < -0.3 is 20.4 Å². The zero-order chi connectivity index (χ0) is 23.5. The van der Waals surface area contributed by atoms with E-state index in [-0.39, 0.29) is 6.10 Å². The number of ether oxygens (including phenoxy) is 1. The van der Waals surface area contributed by atoms with Crippen LogP contribution in [0.3, 0.4) is 0 Å². The van der Waals surface area contributed by atoms with E-state index >= 15 is 0 Å². The molecule has 2 aromatic heterocycles. The van der Waals surface area contributed by atoms with Crippen LogP contribution in [0.15, 0.2) is 48.9 Å². The van der Waals surface area contributed by atoms with E-state index in [2.05, 4.69) is 61.1 Å². The number of hydrogen-bond donors (Lipinski definition) is 3. The Morgan fingerprint density at radius 1 is 1.18 bits per heavy atom. The molecule has 7 nitrogen and oxygen atoms in total. The summed E-state index contributed by atoms with van der Waals surface area (Å²) in [5, 5.41) is 17.9. The summed E-state index contributed by atoms with van der Waals surface area (Å²) in [6.45, 7) is 4.84. The van der Waals surface area contributed by atoms with Crippen LogP contribution in [0.5, 0.6) is 5.75 Å². The lowest BCUT2D eigenvalue weighted by Gasteiger charge is -2.27. The number of H-pyrrole nitrogens is 1. The Hall–Kier alpha value is -3.23. The molecule has 0 saturated carbocycles. The van der Waals surface area contributed by atoms with E-state index < -0.39 is 0 Å². The third-order valence-electron chi connectivity index (χ3n) is 6.11. The van der Waals surface area contributed by atoms with Gasteiger partial charge in [0.2, 0.25) is 0 Å². The predicted octanol–water partition coefficient (Wildman–Crippen LogP) is 5.59. The molecule has 1 aliphatic rings. The van der Waals surface area contributed by atoms with Crippen LogP contribution in [0.25, 0.3) is 21.1 Å². The molecule has 1 aliphatic carbocycles. The maximum absolute atomic E-state index is 5.91. The number of hydrogen-bond acceptors (Lipinski definition) is 7. The molecule has 0 amide bonds. The molecule has 0 radical (unpaired) electrons. The van der Waals surface area contributed by atoms with Crippen LogP contribution in [0.2, 0.25) is 0 Å². The van der Waals surface area contributed by atoms with Gasteiger partial charge in [-0.15, -0.1) is 10.2 Å². The maximum atomic E-state index is 5.91. The van der Waals surface area contributed by atoms with E-state index in [4.69, 9.17) is 4.74 Å². The van der Waals surface area contributed by atoms with E-state index in [0.717, 1.165) is 58.5 Å². The molecule has 176 valence electrons. The second-order valence-electron chi connectivity index (χ2n) is 8.82. The first-order valence-corrected chi connectivity index (χ1v) is 12.6. The molecule has 3 N–H and O–H groups in total. The van der Waals surface area contributed by atoms with Crippen LogP contribution in [0.4, 0.5) is 5.69 Å². The van der Waals surface area contributed by atoms with Crippen LogP contribution < -0.4 is 15.4 Å². The zero-order valence-corrected chi connectivity index (χ0v) is 20.6. The topological polar surface area (TPSA) is 87.8 Å². The maximum Gasteiger partial charge on any atom is 0.148 e. The minimum atomic E-state index is 0.119. The first kappa shape index (κ1) is 22.6. The molecular formula is C26H30N6OS. The van der Waals surface area contributed by atoms with E-state index in [1.54, 1.807) is 17.7 Å². The molecule has 34 heavy (non-hydrogen) atoms. The van der Waals surface area contributed by atoms with Gasteiger partial charge in [0, 0.05) is 42.7 Å². The van der Waals surface area contributed by atoms with Crippen LogP contribution in [0.1, 0.15) is 49.6 Å². The van der Waals surface area contributed by atoms with Crippen molar-refractivity contribution in [2.24, 2.45) is 0 Å². The highest BCUT2D eigenvalue weighted by Crippen LogP contribution is 2.39. The average molecular weight is 475 g/mol. The smallest absolute Gasteiger partial charge is 0.148 e. The fraction of sp³-hybridized carbons (Fsp3) is 0.346. The van der Waals surface area contributed by atoms with Gasteiger partial charge in [-0.2, -0.15) is 0 Å². The van der Waals surface area contributed by atoms with Gasteiger partial charge in [-0.25, -0.2) is 4.98 Å². The molecule has 8 heteroatoms. The number of nitrogens with zero attached hydrogens (tertiary/aromatic N) is 3. The predicted molar refractivity (Wildman–Crippen MR) is 137 cm³/mol. The fourth-order valence-electron chi connectivity index (χ4n) is 4.54. The summed E-state index contributed by atoms with van der Waals surface area (Å²) in [6, 6.07) is 13.0. The van der Waals surface area contributed by atoms with Gasteiger partial charge >= 0.3 is 0 Å². The Kier molecular flexibility index (Phi) is 6.60. The minimum Gasteiger partial charge on any atom is -0.489 e. The van der Waals surface area contributed by atoms with Crippen molar-refractivity contribution in [2.45, 2.75) is 51.8 Å². The standard InChI is InChI=1S/C26H30N6OS/c1-16(2)33-24-11-10-17(12-23(24)27-3)25-31-32-26(34-25)21-8-4-7-20-19(21)6-5-9-22(20)29-14-18-13-28-15-30-18/h4,7-8,10-13,15-16,22,27,29H,5-6,9,14H2,1-3H3,(H,28,30)/t22-/m0/s1. The summed E-state index contributed by atoms with van der Waals surface area (Å²) >= 11 is 1.64. The Balaban J connectivity index is 1.41. The quantitative estimate of drug-likeness (QED) is 0.308. The highest BCUT2D eigenvalue weighted by atomic mass is 32.1. The molecule has 2 aromatic carbocycles. The first-order valence-electron chi connectivity index (χ1n) is 11.8. The average Bonchev–Trinajstić information content (AvgIpc) is 3.55. The Labute approximate surface area is 204 Å². The summed E-state index contributed by atoms with van der Waals surface area (Å²) in [6.07, 6.45) is 7.06. The van der Waals surface area contributed by atoms with E-state index in [0.29, 0.717) is 6.04 Å². The van der Waals surface area contributed by atoms with Crippen molar-refractivity contribution in [3.63, 3.8) is 0 Å². The van der Waals surface area contributed by atoms with Crippen molar-refractivity contribution in [1.82, 2.24) is 25.5 Å². The van der Waals surface area contributed by atoms with Gasteiger partial charge in [-0.3, -0.25) is 0 Å². The Morgan fingerprint density at radius 2 is 2.06 bits per heavy atom. The molecule has 0 fully saturated rings. The van der Waals surface area contributed by atoms with Crippen molar-refractivity contribution in [3.05, 3.63) is 65.7 Å². The second-order valence-corrected chi connectivity index (χ2v) is 9.79. The lowest BCUT2D eigenvalue weighted by molar-refractivity contribution is 0.244. The molecule has 0 saturated heterocycles. The van der Waals surface area contributed by atoms with Gasteiger partial charge in [0.1, 0.15) is 15.8 Å². The van der Waals surface area contributed by atoms with E-state index in [9.17, 15) is 0 Å². The number of aromatic amines is 1. The van der Waals surface area contributed by atoms with Crippen LogP contribution >= 0.6 is 11.3 Å². The summed E-state index contributed by atoms with van der Waals surface area (Å²) in [4.78, 5) is 7.29. The molecule has 0 aliphatic heterocycles. The third kappa shape index (κ3) is 4.69. The number of fused-ring (bicyclic) bond motifs is 1. The van der Waals surface area contributed by atoms with Gasteiger partial charge in [-0.1, -0.05) is 29.5 Å². The summed E-state index contributed by atoms with van der Waals surface area (Å²) in [5.41, 5.74) is 7.04. The highest BCUT2D eigenvalue weighted by molar-refractivity contribution is 7.17. The highest BCUT2D eigenvalue weighted by Gasteiger charge is 2.24. The number of aromatic nitrogens is 4. The molecule has 0 unspecified atom stereocenters. The first-order chi connectivity index (χ1) is 16.6. The Bertz CT molecular complexity index is 1250. The SMILES string of the molecule is CNc1cc(-c2nnc(-c3cccc4c3CCC[C@@H]4NCc3cnc[nH]3)s2)ccc1OC(C)C. The van der Waals surface area contributed by atoms with E-state index in [1.165, 1.54) is 16.7 Å². The number of nitrogens with one attached hydrogen (secondary N) is 3. The van der Waals surface area contributed by atoms with Crippen molar-refractivity contribution in [2.75, 3.05) is 12.4 Å². The molecule has 5 rings (SSSR count). The fourth-order valence-corrected chi connectivity index (χ4v) is 5.43. The van der Waals surface area contributed by atoms with Crippen LogP contribution in [0, 0.1) is 0 Å². The van der Waals surface area contributed by atoms with Gasteiger partial charge in [0.05, 0.1) is 18.1 Å². The number of benzene rings is 2. The van der Waals surface area contributed by atoms with Crippen molar-refractivity contribution >= 4 is 17.0 Å². The lowest BCUT2D eigenvalue weighted by atomic mass is 9.85. The van der Waals surface area contributed by atoms with Gasteiger partial charge in [0.15, 0.2) is 0 Å². The van der Waals surface area contributed by atoms with Crippen molar-refractivity contribution in [1.29, 1.82) is 0 Å². The molecule has 2 heterocycles. The molecule has 0 spiro atoms. The van der Waals surface area contributed by atoms with Gasteiger partial charge in [0.25, 0.3) is 0 Å². The third-order valence-corrected chi connectivity index (χ3v) is 7.12. The van der Waals surface area contributed by atoms with Gasteiger partial charge in [-0.05, 0) is 62.4 Å². The molecule has 1 atom stereocenters. The van der Waals surface area contributed by atoms with E-state index in [1.807, 2.05) is 33.2 Å². The minimum absolute atomic E-state index is 0.119. The Morgan fingerprint density at radius 3 is 2.85 bits per heavy atom. The zero-order valence-electron chi connectivity index (χ0n) is 19.8. The largest absolute Gasteiger partial charge is 0.489 e. The molecule has 0 bridgehead atoms. The molecule has 4 aromatic rings. The summed E-state index contributed by atoms with van der Waals surface area (Å²) in [7, 11) is 1.91.